The van der Waals surface area contributed by atoms with Crippen LogP contribution in [0.15, 0.2) is 6.07 Å². The maximum absolute atomic E-state index is 6.17. The number of rotatable bonds is 3. The lowest BCUT2D eigenvalue weighted by Gasteiger charge is -2.22. The molecule has 94 valence electrons. The molecule has 1 fully saturated rings. The number of ether oxygens (including phenoxy) is 1. The van der Waals surface area contributed by atoms with Gasteiger partial charge in [-0.1, -0.05) is 11.6 Å². The summed E-state index contributed by atoms with van der Waals surface area (Å²) < 4.78 is 5.34. The average Bonchev–Trinajstić information content (AvgIpc) is 2.33. The first-order valence-electron chi connectivity index (χ1n) is 6.12. The number of pyridine rings is 1. The van der Waals surface area contributed by atoms with Gasteiger partial charge in [0, 0.05) is 25.5 Å². The Bertz CT molecular complexity index is 389. The molecule has 1 N–H and O–H groups in total. The Morgan fingerprint density at radius 1 is 1.41 bits per heavy atom. The average molecular weight is 255 g/mol. The molecule has 1 aliphatic heterocycles. The van der Waals surface area contributed by atoms with E-state index in [-0.39, 0.29) is 0 Å². The largest absolute Gasteiger partial charge is 0.381 e. The molecule has 0 radical (unpaired) electrons. The summed E-state index contributed by atoms with van der Waals surface area (Å²) in [5.41, 5.74) is 2.16. The van der Waals surface area contributed by atoms with Crippen LogP contribution in [0.25, 0.3) is 0 Å². The summed E-state index contributed by atoms with van der Waals surface area (Å²) in [7, 11) is 0. The predicted molar refractivity (Wildman–Crippen MR) is 70.8 cm³/mol. The fourth-order valence-corrected chi connectivity index (χ4v) is 2.26. The van der Waals surface area contributed by atoms with Crippen molar-refractivity contribution in [2.75, 3.05) is 25.1 Å². The highest BCUT2D eigenvalue weighted by molar-refractivity contribution is 6.33. The van der Waals surface area contributed by atoms with Crippen molar-refractivity contribution in [2.45, 2.75) is 26.7 Å². The van der Waals surface area contributed by atoms with Crippen LogP contribution in [0.5, 0.6) is 0 Å². The first kappa shape index (κ1) is 12.7. The summed E-state index contributed by atoms with van der Waals surface area (Å²) in [6, 6.07) is 1.97. The van der Waals surface area contributed by atoms with Crippen molar-refractivity contribution in [3.8, 4) is 0 Å². The van der Waals surface area contributed by atoms with Crippen LogP contribution in [0.4, 0.5) is 5.82 Å². The molecule has 17 heavy (non-hydrogen) atoms. The van der Waals surface area contributed by atoms with Gasteiger partial charge in [0.15, 0.2) is 0 Å². The van der Waals surface area contributed by atoms with E-state index in [0.29, 0.717) is 10.9 Å². The Morgan fingerprint density at radius 3 is 2.82 bits per heavy atom. The van der Waals surface area contributed by atoms with Crippen molar-refractivity contribution in [1.29, 1.82) is 0 Å². The molecule has 1 aromatic rings. The van der Waals surface area contributed by atoms with Gasteiger partial charge in [0.2, 0.25) is 0 Å². The molecule has 0 aromatic carbocycles. The second kappa shape index (κ2) is 5.69. The third kappa shape index (κ3) is 3.33. The number of anilines is 1. The molecule has 0 saturated carbocycles. The van der Waals surface area contributed by atoms with E-state index in [1.54, 1.807) is 0 Å². The normalized spacial score (nSPS) is 17.1. The van der Waals surface area contributed by atoms with Crippen molar-refractivity contribution in [2.24, 2.45) is 5.92 Å². The van der Waals surface area contributed by atoms with Crippen LogP contribution in [0.2, 0.25) is 5.02 Å². The summed E-state index contributed by atoms with van der Waals surface area (Å²) in [5, 5.41) is 4.06. The number of hydrogen-bond acceptors (Lipinski definition) is 3. The summed E-state index contributed by atoms with van der Waals surface area (Å²) in [4.78, 5) is 4.48. The molecule has 4 heteroatoms. The van der Waals surface area contributed by atoms with E-state index in [1.165, 1.54) is 0 Å². The lowest BCUT2D eigenvalue weighted by atomic mass is 10.0. The molecule has 0 unspecified atom stereocenters. The molecule has 0 atom stereocenters. The maximum Gasteiger partial charge on any atom is 0.145 e. The van der Waals surface area contributed by atoms with Crippen LogP contribution in [-0.2, 0) is 4.74 Å². The van der Waals surface area contributed by atoms with Crippen LogP contribution in [0.3, 0.4) is 0 Å². The fraction of sp³-hybridized carbons (Fsp3) is 0.615. The quantitative estimate of drug-likeness (QED) is 0.900. The summed E-state index contributed by atoms with van der Waals surface area (Å²) in [5.74, 6) is 1.48. The molecule has 3 nitrogen and oxygen atoms in total. The van der Waals surface area contributed by atoms with Gasteiger partial charge in [0.1, 0.15) is 5.82 Å². The Hall–Kier alpha value is -0.800. The van der Waals surface area contributed by atoms with Crippen LogP contribution < -0.4 is 5.32 Å². The van der Waals surface area contributed by atoms with E-state index in [2.05, 4.69) is 10.3 Å². The third-order valence-electron chi connectivity index (χ3n) is 3.32. The number of nitrogens with zero attached hydrogens (tertiary/aromatic N) is 1. The highest BCUT2D eigenvalue weighted by atomic mass is 35.5. The molecule has 0 spiro atoms. The number of nitrogens with one attached hydrogen (secondary N) is 1. The third-order valence-corrected chi connectivity index (χ3v) is 3.61. The highest BCUT2D eigenvalue weighted by Crippen LogP contribution is 2.23. The van der Waals surface area contributed by atoms with Crippen molar-refractivity contribution < 1.29 is 4.74 Å². The summed E-state index contributed by atoms with van der Waals surface area (Å²) in [6.07, 6.45) is 2.24. The topological polar surface area (TPSA) is 34.1 Å². The van der Waals surface area contributed by atoms with Crippen LogP contribution in [-0.4, -0.2) is 24.7 Å². The minimum absolute atomic E-state index is 0.670. The van der Waals surface area contributed by atoms with Gasteiger partial charge in [-0.05, 0) is 44.2 Å². The predicted octanol–water partition coefficient (Wildman–Crippen LogP) is 3.19. The SMILES string of the molecule is Cc1cc(Cl)c(NCC2CCOCC2)nc1C. The number of aryl methyl sites for hydroxylation is 2. The zero-order valence-electron chi connectivity index (χ0n) is 10.4. The molecule has 0 bridgehead atoms. The molecule has 1 aromatic heterocycles. The number of halogens is 1. The van der Waals surface area contributed by atoms with Crippen molar-refractivity contribution in [1.82, 2.24) is 4.98 Å². The van der Waals surface area contributed by atoms with E-state index in [4.69, 9.17) is 16.3 Å². The van der Waals surface area contributed by atoms with Gasteiger partial charge in [-0.3, -0.25) is 0 Å². The van der Waals surface area contributed by atoms with Gasteiger partial charge in [0.25, 0.3) is 0 Å². The van der Waals surface area contributed by atoms with Gasteiger partial charge in [-0.15, -0.1) is 0 Å². The smallest absolute Gasteiger partial charge is 0.145 e. The van der Waals surface area contributed by atoms with Gasteiger partial charge in [0.05, 0.1) is 5.02 Å². The Balaban J connectivity index is 1.96. The Morgan fingerprint density at radius 2 is 2.12 bits per heavy atom. The van der Waals surface area contributed by atoms with Gasteiger partial charge in [-0.2, -0.15) is 0 Å². The van der Waals surface area contributed by atoms with Crippen molar-refractivity contribution in [3.05, 3.63) is 22.3 Å². The first-order chi connectivity index (χ1) is 8.16. The van der Waals surface area contributed by atoms with Gasteiger partial charge >= 0.3 is 0 Å². The minimum Gasteiger partial charge on any atom is -0.381 e. The van der Waals surface area contributed by atoms with Gasteiger partial charge < -0.3 is 10.1 Å². The lowest BCUT2D eigenvalue weighted by Crippen LogP contribution is -2.23. The standard InChI is InChI=1S/C13H19ClN2O/c1-9-7-12(14)13(16-10(9)2)15-8-11-3-5-17-6-4-11/h7,11H,3-6,8H2,1-2H3,(H,15,16). The molecule has 1 saturated heterocycles. The van der Waals surface area contributed by atoms with Crippen molar-refractivity contribution >= 4 is 17.4 Å². The minimum atomic E-state index is 0.670. The van der Waals surface area contributed by atoms with E-state index in [9.17, 15) is 0 Å². The monoisotopic (exact) mass is 254 g/mol. The van der Waals surface area contributed by atoms with Crippen molar-refractivity contribution in [3.63, 3.8) is 0 Å². The van der Waals surface area contributed by atoms with E-state index in [0.717, 1.165) is 49.7 Å². The van der Waals surface area contributed by atoms with Crippen LogP contribution in [0, 0.1) is 19.8 Å². The second-order valence-corrected chi connectivity index (χ2v) is 5.06. The lowest BCUT2D eigenvalue weighted by molar-refractivity contribution is 0.0699. The van der Waals surface area contributed by atoms with Crippen LogP contribution in [0.1, 0.15) is 24.1 Å². The summed E-state index contributed by atoms with van der Waals surface area (Å²) in [6.45, 7) is 6.71. The number of aromatic nitrogens is 1. The second-order valence-electron chi connectivity index (χ2n) is 4.66. The maximum atomic E-state index is 6.17. The molecule has 0 amide bonds. The molecular formula is C13H19ClN2O. The molecule has 1 aliphatic rings. The zero-order valence-corrected chi connectivity index (χ0v) is 11.2. The molecular weight excluding hydrogens is 236 g/mol. The van der Waals surface area contributed by atoms with E-state index in [1.807, 2.05) is 19.9 Å². The van der Waals surface area contributed by atoms with Crippen LogP contribution >= 0.6 is 11.6 Å². The van der Waals surface area contributed by atoms with E-state index < -0.39 is 0 Å². The van der Waals surface area contributed by atoms with E-state index >= 15 is 0 Å². The zero-order chi connectivity index (χ0) is 12.3. The fourth-order valence-electron chi connectivity index (χ4n) is 1.99. The molecule has 2 rings (SSSR count). The number of hydrogen-bond donors (Lipinski definition) is 1. The Kier molecular flexibility index (Phi) is 4.24. The molecule has 2 heterocycles. The highest BCUT2D eigenvalue weighted by Gasteiger charge is 2.14. The first-order valence-corrected chi connectivity index (χ1v) is 6.50. The Labute approximate surface area is 108 Å². The summed E-state index contributed by atoms with van der Waals surface area (Å²) >= 11 is 6.17. The van der Waals surface area contributed by atoms with Gasteiger partial charge in [-0.25, -0.2) is 4.98 Å². The molecule has 0 aliphatic carbocycles.